The lowest BCUT2D eigenvalue weighted by atomic mass is 10.1. The Bertz CT molecular complexity index is 767. The van der Waals surface area contributed by atoms with Gasteiger partial charge in [-0.05, 0) is 64.9 Å². The van der Waals surface area contributed by atoms with Crippen LogP contribution >= 0.6 is 22.6 Å². The fourth-order valence-electron chi connectivity index (χ4n) is 2.73. The van der Waals surface area contributed by atoms with Crippen molar-refractivity contribution in [2.75, 3.05) is 26.3 Å². The average Bonchev–Trinajstić information content (AvgIpc) is 2.68. The molecule has 0 spiro atoms. The van der Waals surface area contributed by atoms with Gasteiger partial charge in [0.15, 0.2) is 0 Å². The van der Waals surface area contributed by atoms with Crippen molar-refractivity contribution in [2.45, 2.75) is 13.5 Å². The SMILES string of the molecule is C/C(=N\NC(=O)c1ccc(CN2CCOCC2)cc1)c1ccc(I)cc1. The number of rotatable bonds is 5. The molecular weight excluding hydrogens is 441 g/mol. The predicted octanol–water partition coefficient (Wildman–Crippen LogP) is 3.28. The first-order chi connectivity index (χ1) is 12.6. The van der Waals surface area contributed by atoms with Crippen molar-refractivity contribution in [3.05, 3.63) is 68.8 Å². The predicted molar refractivity (Wildman–Crippen MR) is 111 cm³/mol. The number of halogens is 1. The molecular formula is C20H22IN3O2. The van der Waals surface area contributed by atoms with E-state index in [4.69, 9.17) is 4.74 Å². The maximum Gasteiger partial charge on any atom is 0.271 e. The second kappa shape index (κ2) is 9.25. The number of hydrazone groups is 1. The molecule has 1 aliphatic rings. The number of hydrogen-bond donors (Lipinski definition) is 1. The summed E-state index contributed by atoms with van der Waals surface area (Å²) in [7, 11) is 0. The van der Waals surface area contributed by atoms with Gasteiger partial charge in [-0.25, -0.2) is 5.43 Å². The molecule has 0 bridgehead atoms. The number of morpholine rings is 1. The molecule has 3 rings (SSSR count). The van der Waals surface area contributed by atoms with Crippen molar-refractivity contribution in [1.29, 1.82) is 0 Å². The zero-order chi connectivity index (χ0) is 18.4. The van der Waals surface area contributed by atoms with E-state index in [2.05, 4.69) is 38.0 Å². The molecule has 1 fully saturated rings. The fraction of sp³-hybridized carbons (Fsp3) is 0.300. The molecule has 0 aromatic heterocycles. The highest BCUT2D eigenvalue weighted by atomic mass is 127. The highest BCUT2D eigenvalue weighted by molar-refractivity contribution is 14.1. The topological polar surface area (TPSA) is 53.9 Å². The summed E-state index contributed by atoms with van der Waals surface area (Å²) in [6.45, 7) is 6.25. The minimum atomic E-state index is -0.201. The highest BCUT2D eigenvalue weighted by Crippen LogP contribution is 2.10. The van der Waals surface area contributed by atoms with E-state index in [0.717, 1.165) is 44.1 Å². The van der Waals surface area contributed by atoms with Gasteiger partial charge in [0, 0.05) is 28.8 Å². The van der Waals surface area contributed by atoms with Gasteiger partial charge in [-0.3, -0.25) is 9.69 Å². The summed E-state index contributed by atoms with van der Waals surface area (Å²) in [5.41, 5.74) is 6.20. The van der Waals surface area contributed by atoms with Crippen LogP contribution in [0.15, 0.2) is 53.6 Å². The van der Waals surface area contributed by atoms with Gasteiger partial charge in [-0.15, -0.1) is 0 Å². The number of benzene rings is 2. The van der Waals surface area contributed by atoms with Gasteiger partial charge in [-0.1, -0.05) is 24.3 Å². The third-order valence-corrected chi connectivity index (χ3v) is 5.03. The average molecular weight is 463 g/mol. The summed E-state index contributed by atoms with van der Waals surface area (Å²) in [6.07, 6.45) is 0. The van der Waals surface area contributed by atoms with Crippen LogP contribution < -0.4 is 5.43 Å². The lowest BCUT2D eigenvalue weighted by Gasteiger charge is -2.26. The molecule has 0 unspecified atom stereocenters. The summed E-state index contributed by atoms with van der Waals surface area (Å²) in [6, 6.07) is 15.7. The van der Waals surface area contributed by atoms with Crippen molar-refractivity contribution in [3.63, 3.8) is 0 Å². The highest BCUT2D eigenvalue weighted by Gasteiger charge is 2.11. The van der Waals surface area contributed by atoms with Crippen LogP contribution in [0.4, 0.5) is 0 Å². The summed E-state index contributed by atoms with van der Waals surface area (Å²) < 4.78 is 6.53. The molecule has 1 amide bonds. The maximum atomic E-state index is 12.3. The summed E-state index contributed by atoms with van der Waals surface area (Å²) in [5, 5.41) is 4.21. The Morgan fingerprint density at radius 3 is 2.35 bits per heavy atom. The lowest BCUT2D eigenvalue weighted by Crippen LogP contribution is -2.35. The van der Waals surface area contributed by atoms with Crippen LogP contribution in [0.3, 0.4) is 0 Å². The molecule has 2 aromatic carbocycles. The molecule has 0 atom stereocenters. The molecule has 1 heterocycles. The molecule has 6 heteroatoms. The summed E-state index contributed by atoms with van der Waals surface area (Å²) in [5.74, 6) is -0.201. The van der Waals surface area contributed by atoms with E-state index < -0.39 is 0 Å². The van der Waals surface area contributed by atoms with E-state index in [9.17, 15) is 4.79 Å². The number of carbonyl (C=O) groups is 1. The Morgan fingerprint density at radius 2 is 1.69 bits per heavy atom. The maximum absolute atomic E-state index is 12.3. The Hall–Kier alpha value is -1.77. The first-order valence-corrected chi connectivity index (χ1v) is 9.69. The number of ether oxygens (including phenoxy) is 1. The molecule has 0 radical (unpaired) electrons. The van der Waals surface area contributed by atoms with E-state index in [-0.39, 0.29) is 5.91 Å². The van der Waals surface area contributed by atoms with Crippen molar-refractivity contribution < 1.29 is 9.53 Å². The van der Waals surface area contributed by atoms with Crippen LogP contribution in [-0.2, 0) is 11.3 Å². The van der Waals surface area contributed by atoms with Crippen LogP contribution in [0.5, 0.6) is 0 Å². The quantitative estimate of drug-likeness (QED) is 0.421. The van der Waals surface area contributed by atoms with Crippen LogP contribution in [-0.4, -0.2) is 42.8 Å². The van der Waals surface area contributed by atoms with Crippen molar-refractivity contribution in [2.24, 2.45) is 5.10 Å². The fourth-order valence-corrected chi connectivity index (χ4v) is 3.09. The second-order valence-electron chi connectivity index (χ2n) is 6.23. The molecule has 1 N–H and O–H groups in total. The zero-order valence-corrected chi connectivity index (χ0v) is 16.9. The normalized spacial score (nSPS) is 15.7. The van der Waals surface area contributed by atoms with E-state index in [1.165, 1.54) is 9.13 Å². The van der Waals surface area contributed by atoms with Gasteiger partial charge < -0.3 is 4.74 Å². The molecule has 0 saturated carbocycles. The Kier molecular flexibility index (Phi) is 6.76. The molecule has 5 nitrogen and oxygen atoms in total. The number of nitrogens with one attached hydrogen (secondary N) is 1. The van der Waals surface area contributed by atoms with Crippen molar-refractivity contribution in [1.82, 2.24) is 10.3 Å². The number of carbonyl (C=O) groups excluding carboxylic acids is 1. The van der Waals surface area contributed by atoms with Gasteiger partial charge in [0.2, 0.25) is 0 Å². The Morgan fingerprint density at radius 1 is 1.08 bits per heavy atom. The van der Waals surface area contributed by atoms with Crippen molar-refractivity contribution >= 4 is 34.2 Å². The molecule has 1 aliphatic heterocycles. The van der Waals surface area contributed by atoms with Crippen LogP contribution in [0, 0.1) is 3.57 Å². The van der Waals surface area contributed by atoms with Gasteiger partial charge in [0.1, 0.15) is 0 Å². The van der Waals surface area contributed by atoms with E-state index in [0.29, 0.717) is 5.56 Å². The first-order valence-electron chi connectivity index (χ1n) is 8.61. The standard InChI is InChI=1S/C20H22IN3O2/c1-15(17-6-8-19(21)9-7-17)22-23-20(25)18-4-2-16(3-5-18)14-24-10-12-26-13-11-24/h2-9H,10-14H2,1H3,(H,23,25)/b22-15+. The van der Waals surface area contributed by atoms with Gasteiger partial charge in [0.25, 0.3) is 5.91 Å². The molecule has 2 aromatic rings. The van der Waals surface area contributed by atoms with E-state index >= 15 is 0 Å². The van der Waals surface area contributed by atoms with E-state index in [1.54, 1.807) is 0 Å². The largest absolute Gasteiger partial charge is 0.379 e. The third kappa shape index (κ3) is 5.36. The minimum Gasteiger partial charge on any atom is -0.379 e. The van der Waals surface area contributed by atoms with Gasteiger partial charge >= 0.3 is 0 Å². The van der Waals surface area contributed by atoms with E-state index in [1.807, 2.05) is 55.5 Å². The summed E-state index contributed by atoms with van der Waals surface area (Å²) in [4.78, 5) is 14.6. The van der Waals surface area contributed by atoms with Crippen LogP contribution in [0.25, 0.3) is 0 Å². The van der Waals surface area contributed by atoms with Crippen molar-refractivity contribution in [3.8, 4) is 0 Å². The first kappa shape index (κ1) is 19.0. The minimum absolute atomic E-state index is 0.201. The smallest absolute Gasteiger partial charge is 0.271 e. The van der Waals surface area contributed by atoms with Gasteiger partial charge in [0.05, 0.1) is 18.9 Å². The molecule has 26 heavy (non-hydrogen) atoms. The third-order valence-electron chi connectivity index (χ3n) is 4.31. The zero-order valence-electron chi connectivity index (χ0n) is 14.7. The Labute approximate surface area is 167 Å². The number of amides is 1. The second-order valence-corrected chi connectivity index (χ2v) is 7.48. The number of nitrogens with zero attached hydrogens (tertiary/aromatic N) is 2. The van der Waals surface area contributed by atoms with Gasteiger partial charge in [-0.2, -0.15) is 5.10 Å². The molecule has 1 saturated heterocycles. The Balaban J connectivity index is 1.57. The monoisotopic (exact) mass is 463 g/mol. The number of hydrogen-bond acceptors (Lipinski definition) is 4. The van der Waals surface area contributed by atoms with Crippen LogP contribution in [0.1, 0.15) is 28.4 Å². The lowest BCUT2D eigenvalue weighted by molar-refractivity contribution is 0.0342. The molecule has 0 aliphatic carbocycles. The van der Waals surface area contributed by atoms with Crippen LogP contribution in [0.2, 0.25) is 0 Å². The summed E-state index contributed by atoms with van der Waals surface area (Å²) >= 11 is 2.26. The molecule has 136 valence electrons.